The molecule has 1 unspecified atom stereocenters. The van der Waals surface area contributed by atoms with Crippen LogP contribution in [-0.2, 0) is 9.53 Å². The van der Waals surface area contributed by atoms with Crippen LogP contribution >= 0.6 is 11.3 Å². The summed E-state index contributed by atoms with van der Waals surface area (Å²) in [5.41, 5.74) is 0. The fraction of sp³-hybridized carbons (Fsp3) is 0.500. The summed E-state index contributed by atoms with van der Waals surface area (Å²) >= 11 is 1.35. The van der Waals surface area contributed by atoms with Gasteiger partial charge in [0.1, 0.15) is 5.92 Å². The van der Waals surface area contributed by atoms with Gasteiger partial charge in [-0.3, -0.25) is 9.59 Å². The Hall–Kier alpha value is -1.16. The summed E-state index contributed by atoms with van der Waals surface area (Å²) in [5.74, 6) is -1.29. The van der Waals surface area contributed by atoms with E-state index in [2.05, 4.69) is 0 Å². The first-order valence-electron chi connectivity index (χ1n) is 5.32. The smallest absolute Gasteiger partial charge is 0.317 e. The lowest BCUT2D eigenvalue weighted by atomic mass is 9.91. The molecule has 0 saturated heterocycles. The molecule has 0 fully saturated rings. The highest BCUT2D eigenvalue weighted by atomic mass is 32.1. The van der Waals surface area contributed by atoms with Gasteiger partial charge in [-0.2, -0.15) is 0 Å². The number of carbonyl (C=O) groups is 2. The molecule has 1 aromatic heterocycles. The van der Waals surface area contributed by atoms with Crippen LogP contribution in [0.3, 0.4) is 0 Å². The third kappa shape index (κ3) is 2.92. The monoisotopic (exact) mass is 240 g/mol. The zero-order chi connectivity index (χ0) is 12.1. The van der Waals surface area contributed by atoms with E-state index in [1.165, 1.54) is 11.3 Å². The second kappa shape index (κ2) is 5.80. The molecule has 1 heterocycles. The second-order valence-corrected chi connectivity index (χ2v) is 4.76. The van der Waals surface area contributed by atoms with Gasteiger partial charge in [-0.15, -0.1) is 11.3 Å². The number of esters is 1. The molecule has 0 bridgehead atoms. The summed E-state index contributed by atoms with van der Waals surface area (Å²) in [6.45, 7) is 5.75. The van der Waals surface area contributed by atoms with E-state index in [9.17, 15) is 9.59 Å². The van der Waals surface area contributed by atoms with E-state index in [-0.39, 0.29) is 11.7 Å². The number of rotatable bonds is 5. The van der Waals surface area contributed by atoms with Crippen molar-refractivity contribution in [2.75, 3.05) is 6.61 Å². The van der Waals surface area contributed by atoms with Crippen molar-refractivity contribution in [2.45, 2.75) is 20.8 Å². The Bertz CT molecular complexity index is 354. The largest absolute Gasteiger partial charge is 0.465 e. The Morgan fingerprint density at radius 2 is 2.12 bits per heavy atom. The fourth-order valence-corrected chi connectivity index (χ4v) is 2.19. The Labute approximate surface area is 99.4 Å². The molecule has 0 aliphatic carbocycles. The molecule has 0 radical (unpaired) electrons. The highest BCUT2D eigenvalue weighted by molar-refractivity contribution is 7.12. The van der Waals surface area contributed by atoms with E-state index in [1.54, 1.807) is 19.1 Å². The average molecular weight is 240 g/mol. The highest BCUT2D eigenvalue weighted by Gasteiger charge is 2.32. The van der Waals surface area contributed by atoms with E-state index < -0.39 is 11.9 Å². The van der Waals surface area contributed by atoms with Crippen LogP contribution in [0.1, 0.15) is 30.4 Å². The molecule has 0 spiro atoms. The zero-order valence-electron chi connectivity index (χ0n) is 9.73. The maximum atomic E-state index is 12.1. The quantitative estimate of drug-likeness (QED) is 0.451. The third-order valence-corrected chi connectivity index (χ3v) is 3.14. The predicted molar refractivity (Wildman–Crippen MR) is 63.6 cm³/mol. The molecule has 0 amide bonds. The Morgan fingerprint density at radius 3 is 2.56 bits per heavy atom. The highest BCUT2D eigenvalue weighted by Crippen LogP contribution is 2.21. The van der Waals surface area contributed by atoms with E-state index in [4.69, 9.17) is 4.74 Å². The number of ether oxygens (including phenoxy) is 1. The summed E-state index contributed by atoms with van der Waals surface area (Å²) < 4.78 is 4.93. The number of hydrogen-bond donors (Lipinski definition) is 0. The standard InChI is InChI=1S/C12H16O3S/c1-4-15-12(14)10(8(2)3)11(13)9-6-5-7-16-9/h5-8,10H,4H2,1-3H3. The van der Waals surface area contributed by atoms with Crippen LogP contribution in [0, 0.1) is 11.8 Å². The van der Waals surface area contributed by atoms with Crippen LogP contribution in [0.5, 0.6) is 0 Å². The second-order valence-electron chi connectivity index (χ2n) is 3.82. The van der Waals surface area contributed by atoms with Crippen molar-refractivity contribution in [1.82, 2.24) is 0 Å². The van der Waals surface area contributed by atoms with E-state index in [0.29, 0.717) is 11.5 Å². The molecule has 1 atom stereocenters. The number of thiophene rings is 1. The number of hydrogen-bond acceptors (Lipinski definition) is 4. The Balaban J connectivity index is 2.86. The van der Waals surface area contributed by atoms with Crippen LogP contribution in [0.15, 0.2) is 17.5 Å². The minimum atomic E-state index is -0.682. The van der Waals surface area contributed by atoms with Gasteiger partial charge < -0.3 is 4.74 Å². The average Bonchev–Trinajstić information content (AvgIpc) is 2.70. The summed E-state index contributed by atoms with van der Waals surface area (Å²) in [6.07, 6.45) is 0. The molecule has 88 valence electrons. The van der Waals surface area contributed by atoms with Gasteiger partial charge in [-0.1, -0.05) is 19.9 Å². The first-order valence-corrected chi connectivity index (χ1v) is 6.20. The van der Waals surface area contributed by atoms with Gasteiger partial charge in [-0.05, 0) is 24.3 Å². The van der Waals surface area contributed by atoms with E-state index in [1.807, 2.05) is 19.2 Å². The van der Waals surface area contributed by atoms with Crippen molar-refractivity contribution in [3.05, 3.63) is 22.4 Å². The zero-order valence-corrected chi connectivity index (χ0v) is 10.5. The van der Waals surface area contributed by atoms with Crippen molar-refractivity contribution in [1.29, 1.82) is 0 Å². The summed E-state index contributed by atoms with van der Waals surface area (Å²) in [4.78, 5) is 24.4. The SMILES string of the molecule is CCOC(=O)C(C(=O)c1cccs1)C(C)C. The van der Waals surface area contributed by atoms with Crippen LogP contribution in [0.2, 0.25) is 0 Å². The predicted octanol–water partition coefficient (Wildman–Crippen LogP) is 2.77. The maximum Gasteiger partial charge on any atom is 0.317 e. The summed E-state index contributed by atoms with van der Waals surface area (Å²) in [5, 5.41) is 1.83. The normalized spacial score (nSPS) is 12.5. The van der Waals surface area contributed by atoms with Gasteiger partial charge in [-0.25, -0.2) is 0 Å². The minimum Gasteiger partial charge on any atom is -0.465 e. The Morgan fingerprint density at radius 1 is 1.44 bits per heavy atom. The molecule has 1 rings (SSSR count). The topological polar surface area (TPSA) is 43.4 Å². The van der Waals surface area contributed by atoms with Crippen molar-refractivity contribution < 1.29 is 14.3 Å². The molecular weight excluding hydrogens is 224 g/mol. The minimum absolute atomic E-state index is 0.0475. The van der Waals surface area contributed by atoms with Crippen LogP contribution in [0.4, 0.5) is 0 Å². The van der Waals surface area contributed by atoms with E-state index >= 15 is 0 Å². The van der Waals surface area contributed by atoms with Gasteiger partial charge in [0, 0.05) is 0 Å². The molecule has 1 aromatic rings. The molecular formula is C12H16O3S. The van der Waals surface area contributed by atoms with E-state index in [0.717, 1.165) is 0 Å². The van der Waals surface area contributed by atoms with Crippen LogP contribution in [0.25, 0.3) is 0 Å². The molecule has 3 nitrogen and oxygen atoms in total. The first kappa shape index (κ1) is 12.9. The number of Topliss-reactive ketones (excluding diaryl/α,β-unsaturated/α-hetero) is 1. The molecule has 0 aromatic carbocycles. The summed E-state index contributed by atoms with van der Waals surface area (Å²) in [7, 11) is 0. The number of carbonyl (C=O) groups excluding carboxylic acids is 2. The maximum absolute atomic E-state index is 12.1. The lowest BCUT2D eigenvalue weighted by Crippen LogP contribution is -2.30. The number of ketones is 1. The molecule has 4 heteroatoms. The van der Waals surface area contributed by atoms with Crippen molar-refractivity contribution >= 4 is 23.1 Å². The summed E-state index contributed by atoms with van der Waals surface area (Å²) in [6, 6.07) is 3.54. The molecule has 0 aliphatic rings. The third-order valence-electron chi connectivity index (χ3n) is 2.25. The molecule has 0 aliphatic heterocycles. The van der Waals surface area contributed by atoms with Crippen molar-refractivity contribution in [3.8, 4) is 0 Å². The first-order chi connectivity index (χ1) is 7.57. The van der Waals surface area contributed by atoms with Gasteiger partial charge in [0.2, 0.25) is 0 Å². The van der Waals surface area contributed by atoms with Crippen LogP contribution < -0.4 is 0 Å². The molecule has 0 saturated carbocycles. The Kier molecular flexibility index (Phi) is 4.68. The van der Waals surface area contributed by atoms with Gasteiger partial charge in [0.15, 0.2) is 5.78 Å². The van der Waals surface area contributed by atoms with Crippen molar-refractivity contribution in [2.24, 2.45) is 11.8 Å². The van der Waals surface area contributed by atoms with Gasteiger partial charge in [0.25, 0.3) is 0 Å². The van der Waals surface area contributed by atoms with Gasteiger partial charge >= 0.3 is 5.97 Å². The molecule has 16 heavy (non-hydrogen) atoms. The molecule has 0 N–H and O–H groups in total. The lowest BCUT2D eigenvalue weighted by Gasteiger charge is -2.16. The van der Waals surface area contributed by atoms with Crippen molar-refractivity contribution in [3.63, 3.8) is 0 Å². The lowest BCUT2D eigenvalue weighted by molar-refractivity contribution is -0.147. The van der Waals surface area contributed by atoms with Crippen LogP contribution in [-0.4, -0.2) is 18.4 Å². The fourth-order valence-electron chi connectivity index (χ4n) is 1.49. The van der Waals surface area contributed by atoms with Gasteiger partial charge in [0.05, 0.1) is 11.5 Å².